The maximum Gasteiger partial charge on any atom is 0.254 e. The minimum absolute atomic E-state index is 0.180. The number of nitrogens with two attached hydrogens (primary N) is 1. The lowest BCUT2D eigenvalue weighted by Gasteiger charge is -2.11. The van der Waals surface area contributed by atoms with Gasteiger partial charge in [-0.3, -0.25) is 9.78 Å². The highest BCUT2D eigenvalue weighted by Crippen LogP contribution is 2.35. The van der Waals surface area contributed by atoms with E-state index in [9.17, 15) is 4.79 Å². The van der Waals surface area contributed by atoms with Crippen LogP contribution in [0.1, 0.15) is 23.2 Å². The first-order valence-electron chi connectivity index (χ1n) is 4.71. The van der Waals surface area contributed by atoms with Crippen molar-refractivity contribution >= 4 is 5.91 Å². The molecule has 1 aromatic rings. The molecule has 0 aliphatic heterocycles. The van der Waals surface area contributed by atoms with E-state index in [4.69, 9.17) is 15.2 Å². The van der Waals surface area contributed by atoms with E-state index in [-0.39, 0.29) is 11.7 Å². The molecule has 0 atom stereocenters. The number of primary amides is 1. The largest absolute Gasteiger partial charge is 0.491 e. The van der Waals surface area contributed by atoms with Crippen LogP contribution in [-0.4, -0.2) is 24.1 Å². The predicted octanol–water partition coefficient (Wildman–Crippen LogP) is 0.730. The van der Waals surface area contributed by atoms with Crippen molar-refractivity contribution in [3.05, 3.63) is 18.0 Å². The Balaban J connectivity index is 2.38. The Kier molecular flexibility index (Phi) is 2.45. The number of carbonyl (C=O) groups is 1. The number of amides is 1. The number of ether oxygens (including phenoxy) is 2. The van der Waals surface area contributed by atoms with E-state index in [1.807, 2.05) is 0 Å². The predicted molar refractivity (Wildman–Crippen MR) is 53.0 cm³/mol. The van der Waals surface area contributed by atoms with Gasteiger partial charge in [0.2, 0.25) is 0 Å². The molecule has 1 saturated carbocycles. The van der Waals surface area contributed by atoms with Crippen LogP contribution in [0.3, 0.4) is 0 Å². The molecule has 0 radical (unpaired) electrons. The fourth-order valence-electron chi connectivity index (χ4n) is 1.22. The van der Waals surface area contributed by atoms with Gasteiger partial charge in [0.15, 0.2) is 11.5 Å². The topological polar surface area (TPSA) is 74.4 Å². The summed E-state index contributed by atoms with van der Waals surface area (Å²) in [6, 6.07) is 0. The summed E-state index contributed by atoms with van der Waals surface area (Å²) in [5.41, 5.74) is 5.48. The molecule has 0 saturated heterocycles. The second kappa shape index (κ2) is 3.76. The van der Waals surface area contributed by atoms with Gasteiger partial charge in [-0.2, -0.15) is 0 Å². The summed E-state index contributed by atoms with van der Waals surface area (Å²) in [6.45, 7) is 0. The van der Waals surface area contributed by atoms with E-state index in [0.717, 1.165) is 12.8 Å². The van der Waals surface area contributed by atoms with Gasteiger partial charge in [-0.05, 0) is 12.8 Å². The molecule has 1 aromatic heterocycles. The second-order valence-corrected chi connectivity index (χ2v) is 3.40. The summed E-state index contributed by atoms with van der Waals surface area (Å²) in [4.78, 5) is 15.0. The molecule has 0 unspecified atom stereocenters. The zero-order valence-corrected chi connectivity index (χ0v) is 8.40. The van der Waals surface area contributed by atoms with Crippen molar-refractivity contribution in [1.29, 1.82) is 0 Å². The molecule has 80 valence electrons. The number of rotatable bonds is 4. The zero-order valence-electron chi connectivity index (χ0n) is 8.40. The van der Waals surface area contributed by atoms with Crippen LogP contribution in [0.25, 0.3) is 0 Å². The molecule has 1 aliphatic rings. The molecular formula is C10H12N2O3. The third-order valence-corrected chi connectivity index (χ3v) is 2.16. The van der Waals surface area contributed by atoms with Crippen molar-refractivity contribution in [2.45, 2.75) is 18.9 Å². The Morgan fingerprint density at radius 3 is 2.80 bits per heavy atom. The van der Waals surface area contributed by atoms with E-state index < -0.39 is 5.91 Å². The number of hydrogen-bond acceptors (Lipinski definition) is 4. The van der Waals surface area contributed by atoms with Crippen LogP contribution >= 0.6 is 0 Å². The van der Waals surface area contributed by atoms with E-state index in [1.54, 1.807) is 0 Å². The summed E-state index contributed by atoms with van der Waals surface area (Å²) < 4.78 is 10.6. The molecular weight excluding hydrogens is 196 g/mol. The molecule has 5 heteroatoms. The number of carbonyl (C=O) groups excluding carboxylic acids is 1. The Bertz CT molecular complexity index is 388. The lowest BCUT2D eigenvalue weighted by atomic mass is 10.2. The van der Waals surface area contributed by atoms with Gasteiger partial charge in [0, 0.05) is 6.20 Å². The number of methoxy groups -OCH3 is 1. The van der Waals surface area contributed by atoms with Crippen molar-refractivity contribution in [2.75, 3.05) is 7.11 Å². The number of nitrogens with zero attached hydrogens (tertiary/aromatic N) is 1. The lowest BCUT2D eigenvalue weighted by molar-refractivity contribution is 0.0994. The molecule has 2 rings (SSSR count). The van der Waals surface area contributed by atoms with Crippen LogP contribution in [0, 0.1) is 0 Å². The quantitative estimate of drug-likeness (QED) is 0.791. The normalized spacial score (nSPS) is 14.7. The monoisotopic (exact) mass is 208 g/mol. The highest BCUT2D eigenvalue weighted by atomic mass is 16.5. The second-order valence-electron chi connectivity index (χ2n) is 3.40. The summed E-state index contributed by atoms with van der Waals surface area (Å²) >= 11 is 0. The van der Waals surface area contributed by atoms with Crippen molar-refractivity contribution in [1.82, 2.24) is 4.98 Å². The zero-order chi connectivity index (χ0) is 10.8. The van der Waals surface area contributed by atoms with Crippen LogP contribution in [0.2, 0.25) is 0 Å². The van der Waals surface area contributed by atoms with Crippen LogP contribution in [-0.2, 0) is 0 Å². The molecule has 0 aromatic carbocycles. The fraction of sp³-hybridized carbons (Fsp3) is 0.400. The fourth-order valence-corrected chi connectivity index (χ4v) is 1.22. The standard InChI is InChI=1S/C10H12N2O3/c1-14-8-5-12-4-7(10(11)13)9(8)15-6-2-3-6/h4-6H,2-3H2,1H3,(H2,11,13). The minimum atomic E-state index is -0.558. The van der Waals surface area contributed by atoms with E-state index >= 15 is 0 Å². The van der Waals surface area contributed by atoms with Crippen LogP contribution in [0.4, 0.5) is 0 Å². The van der Waals surface area contributed by atoms with Gasteiger partial charge in [-0.15, -0.1) is 0 Å². The molecule has 1 aliphatic carbocycles. The first kappa shape index (κ1) is 9.76. The molecule has 1 heterocycles. The molecule has 2 N–H and O–H groups in total. The molecule has 1 amide bonds. The van der Waals surface area contributed by atoms with Crippen LogP contribution in [0.5, 0.6) is 11.5 Å². The lowest BCUT2D eigenvalue weighted by Crippen LogP contribution is -2.14. The summed E-state index contributed by atoms with van der Waals surface area (Å²) in [7, 11) is 1.50. The molecule has 1 fully saturated rings. The van der Waals surface area contributed by atoms with Gasteiger partial charge in [0.25, 0.3) is 5.91 Å². The maximum atomic E-state index is 11.1. The summed E-state index contributed by atoms with van der Waals surface area (Å²) in [6.07, 6.45) is 5.08. The molecule has 15 heavy (non-hydrogen) atoms. The van der Waals surface area contributed by atoms with Gasteiger partial charge in [-0.1, -0.05) is 0 Å². The third kappa shape index (κ3) is 2.01. The van der Waals surface area contributed by atoms with Crippen molar-refractivity contribution in [3.63, 3.8) is 0 Å². The van der Waals surface area contributed by atoms with E-state index in [1.165, 1.54) is 19.5 Å². The molecule has 5 nitrogen and oxygen atoms in total. The average Bonchev–Trinajstić information content (AvgIpc) is 3.01. The molecule has 0 bridgehead atoms. The Morgan fingerprint density at radius 2 is 2.27 bits per heavy atom. The highest BCUT2D eigenvalue weighted by Gasteiger charge is 2.27. The van der Waals surface area contributed by atoms with Crippen molar-refractivity contribution < 1.29 is 14.3 Å². The Hall–Kier alpha value is -1.78. The van der Waals surface area contributed by atoms with Gasteiger partial charge in [0.05, 0.1) is 19.4 Å². The van der Waals surface area contributed by atoms with Crippen LogP contribution < -0.4 is 15.2 Å². The average molecular weight is 208 g/mol. The summed E-state index contributed by atoms with van der Waals surface area (Å²) in [5.74, 6) is 0.290. The maximum absolute atomic E-state index is 11.1. The van der Waals surface area contributed by atoms with Gasteiger partial charge < -0.3 is 15.2 Å². The minimum Gasteiger partial charge on any atom is -0.491 e. The molecule has 0 spiro atoms. The smallest absolute Gasteiger partial charge is 0.254 e. The first-order valence-corrected chi connectivity index (χ1v) is 4.71. The van der Waals surface area contributed by atoms with Gasteiger partial charge in [-0.25, -0.2) is 0 Å². The van der Waals surface area contributed by atoms with Gasteiger partial charge in [0.1, 0.15) is 5.56 Å². The number of hydrogen-bond donors (Lipinski definition) is 1. The van der Waals surface area contributed by atoms with E-state index in [2.05, 4.69) is 4.98 Å². The van der Waals surface area contributed by atoms with Crippen molar-refractivity contribution in [3.8, 4) is 11.5 Å². The van der Waals surface area contributed by atoms with Gasteiger partial charge >= 0.3 is 0 Å². The SMILES string of the molecule is COc1cncc(C(N)=O)c1OC1CC1. The van der Waals surface area contributed by atoms with Crippen LogP contribution in [0.15, 0.2) is 12.4 Å². The Labute approximate surface area is 87.2 Å². The third-order valence-electron chi connectivity index (χ3n) is 2.16. The van der Waals surface area contributed by atoms with E-state index in [0.29, 0.717) is 11.5 Å². The summed E-state index contributed by atoms with van der Waals surface area (Å²) in [5, 5.41) is 0. The number of aromatic nitrogens is 1. The Morgan fingerprint density at radius 1 is 1.53 bits per heavy atom. The number of pyridine rings is 1. The highest BCUT2D eigenvalue weighted by molar-refractivity contribution is 5.96. The van der Waals surface area contributed by atoms with Crippen molar-refractivity contribution in [2.24, 2.45) is 5.73 Å². The first-order chi connectivity index (χ1) is 7.22.